The molecule has 0 unspecified atom stereocenters. The van der Waals surface area contributed by atoms with E-state index in [0.717, 1.165) is 33.3 Å². The van der Waals surface area contributed by atoms with E-state index in [2.05, 4.69) is 47.6 Å². The van der Waals surface area contributed by atoms with E-state index in [1.54, 1.807) is 11.3 Å². The Hall–Kier alpha value is -1.10. The lowest BCUT2D eigenvalue weighted by Crippen LogP contribution is -2.37. The van der Waals surface area contributed by atoms with Crippen molar-refractivity contribution in [3.8, 4) is 0 Å². The number of imidazole rings is 1. The van der Waals surface area contributed by atoms with Crippen molar-refractivity contribution in [3.63, 3.8) is 0 Å². The highest BCUT2D eigenvalue weighted by atomic mass is 127. The molecule has 110 valence electrons. The van der Waals surface area contributed by atoms with Crippen LogP contribution in [0.25, 0.3) is 15.4 Å². The van der Waals surface area contributed by atoms with Crippen molar-refractivity contribution in [2.45, 2.75) is 18.6 Å². The molecule has 2 aromatic rings. The van der Waals surface area contributed by atoms with Gasteiger partial charge in [0.05, 0.1) is 12.3 Å². The topological polar surface area (TPSA) is 91.4 Å². The van der Waals surface area contributed by atoms with E-state index in [1.807, 2.05) is 10.7 Å². The summed E-state index contributed by atoms with van der Waals surface area (Å²) in [7, 11) is 0. The lowest BCUT2D eigenvalue weighted by Gasteiger charge is -2.29. The summed E-state index contributed by atoms with van der Waals surface area (Å²) < 4.78 is 8.70. The van der Waals surface area contributed by atoms with Gasteiger partial charge < -0.3 is 9.64 Å². The van der Waals surface area contributed by atoms with Gasteiger partial charge in [-0.3, -0.25) is 0 Å². The monoisotopic (exact) mass is 417 g/mol. The Balaban J connectivity index is 1.61. The lowest BCUT2D eigenvalue weighted by molar-refractivity contribution is -0.00894. The Kier molecular flexibility index (Phi) is 3.40. The Bertz CT molecular complexity index is 723. The zero-order valence-electron chi connectivity index (χ0n) is 11.0. The molecule has 10 heteroatoms. The number of fused-ring (bicyclic) bond motifs is 2. The van der Waals surface area contributed by atoms with Crippen molar-refractivity contribution < 1.29 is 4.74 Å². The number of azide groups is 1. The van der Waals surface area contributed by atoms with Gasteiger partial charge in [0.1, 0.15) is 3.70 Å². The van der Waals surface area contributed by atoms with E-state index in [9.17, 15) is 0 Å². The quantitative estimate of drug-likeness (QED) is 0.325. The normalized spacial score (nSPS) is 28.6. The summed E-state index contributed by atoms with van der Waals surface area (Å²) in [6.45, 7) is 2.29. The van der Waals surface area contributed by atoms with Crippen LogP contribution in [-0.2, 0) is 4.74 Å². The number of rotatable bonds is 2. The van der Waals surface area contributed by atoms with E-state index >= 15 is 0 Å². The van der Waals surface area contributed by atoms with Crippen molar-refractivity contribution in [3.05, 3.63) is 20.3 Å². The summed E-state index contributed by atoms with van der Waals surface area (Å²) in [5, 5.41) is 9.51. The molecule has 0 aliphatic carbocycles. The molecule has 8 nitrogen and oxygen atoms in total. The van der Waals surface area contributed by atoms with E-state index in [-0.39, 0.29) is 18.1 Å². The molecular weight excluding hydrogens is 405 g/mol. The molecule has 3 atom stereocenters. The van der Waals surface area contributed by atoms with Gasteiger partial charge in [0.15, 0.2) is 0 Å². The first kappa shape index (κ1) is 13.6. The number of halogens is 1. The largest absolute Gasteiger partial charge is 0.376 e. The molecule has 0 radical (unpaired) electrons. The number of nitrogens with zero attached hydrogens (tertiary/aromatic N) is 7. The number of anilines is 1. The van der Waals surface area contributed by atoms with Gasteiger partial charge in [-0.05, 0) is 34.5 Å². The van der Waals surface area contributed by atoms with Gasteiger partial charge in [-0.25, -0.2) is 4.98 Å². The third kappa shape index (κ3) is 2.26. The van der Waals surface area contributed by atoms with Gasteiger partial charge in [-0.15, -0.1) is 5.10 Å². The zero-order chi connectivity index (χ0) is 14.4. The predicted molar refractivity (Wildman–Crippen MR) is 86.6 cm³/mol. The molecule has 0 amide bonds. The molecule has 21 heavy (non-hydrogen) atoms. The first-order valence-corrected chi connectivity index (χ1v) is 8.56. The highest BCUT2D eigenvalue weighted by Crippen LogP contribution is 2.35. The Morgan fingerprint density at radius 2 is 2.43 bits per heavy atom. The SMILES string of the molecule is [N-]=[N+]=N[C@H]1CCO[C@H]2CN(c3nn4c(I)cnc4s3)C[C@H]12. The number of ether oxygens (including phenoxy) is 1. The Morgan fingerprint density at radius 3 is 3.24 bits per heavy atom. The minimum atomic E-state index is 0.0305. The minimum Gasteiger partial charge on any atom is -0.376 e. The Morgan fingerprint density at radius 1 is 1.52 bits per heavy atom. The molecule has 0 spiro atoms. The first-order chi connectivity index (χ1) is 10.3. The second-order valence-corrected chi connectivity index (χ2v) is 7.24. The molecule has 2 fully saturated rings. The highest BCUT2D eigenvalue weighted by Gasteiger charge is 2.42. The highest BCUT2D eigenvalue weighted by molar-refractivity contribution is 14.1. The van der Waals surface area contributed by atoms with Gasteiger partial charge in [0, 0.05) is 36.6 Å². The molecule has 2 aromatic heterocycles. The van der Waals surface area contributed by atoms with E-state index in [1.165, 1.54) is 0 Å². The molecule has 0 aromatic carbocycles. The third-order valence-electron chi connectivity index (χ3n) is 4.05. The average Bonchev–Trinajstić information content (AvgIpc) is 3.15. The van der Waals surface area contributed by atoms with Crippen LogP contribution in [0.5, 0.6) is 0 Å². The molecule has 4 rings (SSSR count). The summed E-state index contributed by atoms with van der Waals surface area (Å²) in [4.78, 5) is 10.4. The van der Waals surface area contributed by atoms with Gasteiger partial charge in [-0.2, -0.15) is 4.52 Å². The molecule has 4 heterocycles. The van der Waals surface area contributed by atoms with Crippen LogP contribution in [0.2, 0.25) is 0 Å². The number of hydrogen-bond donors (Lipinski definition) is 0. The van der Waals surface area contributed by atoms with Crippen LogP contribution in [0.4, 0.5) is 5.13 Å². The van der Waals surface area contributed by atoms with Crippen molar-refractivity contribution >= 4 is 44.0 Å². The van der Waals surface area contributed by atoms with Gasteiger partial charge in [0.25, 0.3) is 0 Å². The maximum Gasteiger partial charge on any atom is 0.214 e. The molecule has 2 aliphatic heterocycles. The molecule has 2 saturated heterocycles. The molecule has 0 N–H and O–H groups in total. The second kappa shape index (κ2) is 5.27. The van der Waals surface area contributed by atoms with Crippen LogP contribution in [-0.4, -0.2) is 46.4 Å². The number of hydrogen-bond acceptors (Lipinski definition) is 6. The van der Waals surface area contributed by atoms with Gasteiger partial charge in [-0.1, -0.05) is 16.5 Å². The fourth-order valence-corrected chi connectivity index (χ4v) is 4.58. The van der Waals surface area contributed by atoms with Crippen LogP contribution in [0.15, 0.2) is 11.3 Å². The van der Waals surface area contributed by atoms with Crippen LogP contribution in [0.1, 0.15) is 6.42 Å². The van der Waals surface area contributed by atoms with E-state index < -0.39 is 0 Å². The summed E-state index contributed by atoms with van der Waals surface area (Å²) in [5.41, 5.74) is 8.70. The molecule has 2 aliphatic rings. The summed E-state index contributed by atoms with van der Waals surface area (Å²) in [5.74, 6) is 0.255. The summed E-state index contributed by atoms with van der Waals surface area (Å²) >= 11 is 3.80. The Labute approximate surface area is 137 Å². The van der Waals surface area contributed by atoms with Crippen LogP contribution < -0.4 is 4.90 Å². The standard InChI is InChI=1S/C11H12IN7OS/c12-9-3-14-10-19(9)16-11(21-10)18-4-6-7(15-17-13)1-2-20-8(6)5-18/h3,6-8H,1-2,4-5H2/t6-,7+,8+/m1/s1. The van der Waals surface area contributed by atoms with Gasteiger partial charge >= 0.3 is 0 Å². The maximum absolute atomic E-state index is 8.70. The minimum absolute atomic E-state index is 0.0305. The van der Waals surface area contributed by atoms with Crippen LogP contribution in [0, 0.1) is 9.62 Å². The maximum atomic E-state index is 8.70. The van der Waals surface area contributed by atoms with E-state index in [4.69, 9.17) is 10.3 Å². The van der Waals surface area contributed by atoms with Crippen LogP contribution >= 0.6 is 33.9 Å². The van der Waals surface area contributed by atoms with Gasteiger partial charge in [0.2, 0.25) is 10.1 Å². The lowest BCUT2D eigenvalue weighted by atomic mass is 9.92. The van der Waals surface area contributed by atoms with Crippen molar-refractivity contribution in [1.29, 1.82) is 0 Å². The van der Waals surface area contributed by atoms with Crippen molar-refractivity contribution in [2.75, 3.05) is 24.6 Å². The fourth-order valence-electron chi connectivity index (χ4n) is 3.05. The second-order valence-electron chi connectivity index (χ2n) is 5.20. The molecular formula is C11H12IN7OS. The predicted octanol–water partition coefficient (Wildman–Crippen LogP) is 2.30. The molecule has 0 bridgehead atoms. The van der Waals surface area contributed by atoms with Crippen LogP contribution in [0.3, 0.4) is 0 Å². The molecule has 0 saturated carbocycles. The first-order valence-electron chi connectivity index (χ1n) is 6.67. The smallest absolute Gasteiger partial charge is 0.214 e. The average molecular weight is 417 g/mol. The third-order valence-corrected chi connectivity index (χ3v) is 5.77. The van der Waals surface area contributed by atoms with E-state index in [0.29, 0.717) is 6.61 Å². The number of aromatic nitrogens is 3. The zero-order valence-corrected chi connectivity index (χ0v) is 13.9. The fraction of sp³-hybridized carbons (Fsp3) is 0.636. The van der Waals surface area contributed by atoms with Crippen molar-refractivity contribution in [2.24, 2.45) is 11.0 Å². The summed E-state index contributed by atoms with van der Waals surface area (Å²) in [6, 6.07) is 0.0305. The van der Waals surface area contributed by atoms with Crippen molar-refractivity contribution in [1.82, 2.24) is 14.6 Å². The summed E-state index contributed by atoms with van der Waals surface area (Å²) in [6.07, 6.45) is 2.75.